The van der Waals surface area contributed by atoms with Gasteiger partial charge in [0.2, 0.25) is 0 Å². The van der Waals surface area contributed by atoms with E-state index in [1.54, 1.807) is 29.2 Å². The van der Waals surface area contributed by atoms with Gasteiger partial charge in [0, 0.05) is 58.1 Å². The largest absolute Gasteiger partial charge is 0.497 e. The van der Waals surface area contributed by atoms with Crippen molar-refractivity contribution in [1.29, 1.82) is 0 Å². The van der Waals surface area contributed by atoms with Crippen LogP contribution in [-0.4, -0.2) is 77.7 Å². The van der Waals surface area contributed by atoms with Crippen molar-refractivity contribution < 1.29 is 22.7 Å². The number of amides is 1. The zero-order chi connectivity index (χ0) is 27.7. The third-order valence-corrected chi connectivity index (χ3v) is 6.90. The number of benzene rings is 2. The lowest BCUT2D eigenvalue weighted by Gasteiger charge is -2.34. The fourth-order valence-electron chi connectivity index (χ4n) is 4.66. The zero-order valence-corrected chi connectivity index (χ0v) is 21.9. The number of piperazine rings is 1. The molecule has 0 radical (unpaired) electrons. The van der Waals surface area contributed by atoms with Crippen LogP contribution in [0.25, 0.3) is 16.9 Å². The normalized spacial score (nSPS) is 14.6. The Morgan fingerprint density at radius 2 is 1.67 bits per heavy atom. The highest BCUT2D eigenvalue weighted by Gasteiger charge is 2.36. The van der Waals surface area contributed by atoms with Gasteiger partial charge in [0.1, 0.15) is 11.3 Å². The lowest BCUT2D eigenvalue weighted by molar-refractivity contribution is -0.142. The van der Waals surface area contributed by atoms with Crippen LogP contribution in [0.1, 0.15) is 21.6 Å². The highest BCUT2D eigenvalue weighted by Crippen LogP contribution is 2.33. The highest BCUT2D eigenvalue weighted by molar-refractivity contribution is 6.00. The first-order valence-corrected chi connectivity index (χ1v) is 12.5. The van der Waals surface area contributed by atoms with E-state index in [0.29, 0.717) is 42.0 Å². The molecule has 0 unspecified atom stereocenters. The van der Waals surface area contributed by atoms with Crippen LogP contribution < -0.4 is 9.64 Å². The number of hydrogen-bond acceptors (Lipinski definition) is 6. The lowest BCUT2D eigenvalue weighted by atomic mass is 10.1. The summed E-state index contributed by atoms with van der Waals surface area (Å²) in [5.41, 5.74) is 1.79. The maximum absolute atomic E-state index is 14.0. The van der Waals surface area contributed by atoms with Gasteiger partial charge >= 0.3 is 6.18 Å². The Bertz CT molecular complexity index is 1460. The van der Waals surface area contributed by atoms with Crippen molar-refractivity contribution in [2.75, 3.05) is 52.3 Å². The number of ether oxygens (including phenoxy) is 1. The molecule has 204 valence electrons. The summed E-state index contributed by atoms with van der Waals surface area (Å²) in [5.74, 6) is 0.188. The Hall–Kier alpha value is -4.12. The van der Waals surface area contributed by atoms with Crippen LogP contribution >= 0.6 is 0 Å². The maximum atomic E-state index is 14.0. The van der Waals surface area contributed by atoms with Crippen molar-refractivity contribution in [2.45, 2.75) is 12.7 Å². The number of methoxy groups -OCH3 is 1. The fourth-order valence-corrected chi connectivity index (χ4v) is 4.66. The molecule has 1 aliphatic heterocycles. The Balaban J connectivity index is 1.36. The molecule has 0 atom stereocenters. The molecule has 0 aliphatic carbocycles. The Morgan fingerprint density at radius 3 is 2.26 bits per heavy atom. The summed E-state index contributed by atoms with van der Waals surface area (Å²) in [6.45, 7) is 2.97. The fraction of sp³-hybridized carbons (Fsp3) is 0.321. The lowest BCUT2D eigenvalue weighted by Crippen LogP contribution is -2.48. The molecule has 3 heterocycles. The van der Waals surface area contributed by atoms with E-state index in [1.807, 2.05) is 19.0 Å². The van der Waals surface area contributed by atoms with Gasteiger partial charge in [-0.05, 0) is 48.0 Å². The van der Waals surface area contributed by atoms with Gasteiger partial charge in [-0.3, -0.25) is 9.69 Å². The van der Waals surface area contributed by atoms with Crippen molar-refractivity contribution >= 4 is 17.2 Å². The average molecular weight is 539 g/mol. The molecule has 1 aliphatic rings. The number of carbonyl (C=O) groups excluding carboxylic acids is 1. The molecule has 4 aromatic rings. The first-order valence-electron chi connectivity index (χ1n) is 12.5. The third-order valence-electron chi connectivity index (χ3n) is 6.90. The minimum absolute atomic E-state index is 0.0450. The van der Waals surface area contributed by atoms with Crippen molar-refractivity contribution in [1.82, 2.24) is 24.4 Å². The van der Waals surface area contributed by atoms with Gasteiger partial charge in [-0.15, -0.1) is 0 Å². The second-order valence-electron chi connectivity index (χ2n) is 9.68. The topological polar surface area (TPSA) is 66.2 Å². The van der Waals surface area contributed by atoms with Crippen molar-refractivity contribution in [3.8, 4) is 17.0 Å². The van der Waals surface area contributed by atoms with Gasteiger partial charge in [-0.2, -0.15) is 18.3 Å². The molecule has 39 heavy (non-hydrogen) atoms. The summed E-state index contributed by atoms with van der Waals surface area (Å²) in [7, 11) is 5.50. The average Bonchev–Trinajstić information content (AvgIpc) is 3.36. The Labute approximate surface area is 224 Å². The smallest absolute Gasteiger partial charge is 0.433 e. The van der Waals surface area contributed by atoms with E-state index >= 15 is 0 Å². The SMILES string of the molecule is COc1ccc(-c2cc(C(F)(F)F)n3ncc(C(=O)N4CCN(Cc5ccc(N(C)C)cc5)CC4)c3n2)cc1. The summed E-state index contributed by atoms with van der Waals surface area (Å²) in [6.07, 6.45) is -3.51. The van der Waals surface area contributed by atoms with Crippen LogP contribution in [0.15, 0.2) is 60.8 Å². The number of aromatic nitrogens is 3. The van der Waals surface area contributed by atoms with Gasteiger partial charge in [-0.1, -0.05) is 12.1 Å². The molecule has 0 N–H and O–H groups in total. The van der Waals surface area contributed by atoms with Crippen LogP contribution in [0.3, 0.4) is 0 Å². The van der Waals surface area contributed by atoms with Gasteiger partial charge < -0.3 is 14.5 Å². The number of anilines is 1. The Kier molecular flexibility index (Phi) is 7.17. The number of hydrogen-bond donors (Lipinski definition) is 0. The van der Waals surface area contributed by atoms with E-state index in [9.17, 15) is 18.0 Å². The number of alkyl halides is 3. The molecule has 1 fully saturated rings. The van der Waals surface area contributed by atoms with Crippen LogP contribution in [-0.2, 0) is 12.7 Å². The van der Waals surface area contributed by atoms with Gasteiger partial charge in [0.25, 0.3) is 5.91 Å². The first kappa shape index (κ1) is 26.5. The van der Waals surface area contributed by atoms with Crippen LogP contribution in [0.2, 0.25) is 0 Å². The van der Waals surface area contributed by atoms with Crippen LogP contribution in [0.4, 0.5) is 18.9 Å². The minimum Gasteiger partial charge on any atom is -0.497 e. The maximum Gasteiger partial charge on any atom is 0.433 e. The summed E-state index contributed by atoms with van der Waals surface area (Å²) in [6, 6.07) is 15.8. The van der Waals surface area contributed by atoms with Crippen molar-refractivity contribution in [2.24, 2.45) is 0 Å². The van der Waals surface area contributed by atoms with E-state index in [2.05, 4.69) is 39.2 Å². The monoisotopic (exact) mass is 538 g/mol. The second kappa shape index (κ2) is 10.6. The van der Waals surface area contributed by atoms with E-state index < -0.39 is 11.9 Å². The van der Waals surface area contributed by atoms with E-state index in [-0.39, 0.29) is 22.8 Å². The first-order chi connectivity index (χ1) is 18.6. The van der Waals surface area contributed by atoms with Gasteiger partial charge in [0.15, 0.2) is 11.3 Å². The quantitative estimate of drug-likeness (QED) is 0.362. The molecule has 0 saturated carbocycles. The molecule has 11 heteroatoms. The molecule has 1 amide bonds. The molecule has 2 aromatic heterocycles. The molecule has 1 saturated heterocycles. The highest BCUT2D eigenvalue weighted by atomic mass is 19.4. The van der Waals surface area contributed by atoms with Crippen LogP contribution in [0.5, 0.6) is 5.75 Å². The summed E-state index contributed by atoms with van der Waals surface area (Å²) in [4.78, 5) is 23.8. The molecular formula is C28H29F3N6O2. The molecule has 5 rings (SSSR count). The number of carbonyl (C=O) groups is 1. The minimum atomic E-state index is -4.69. The number of fused-ring (bicyclic) bond motifs is 1. The van der Waals surface area contributed by atoms with Crippen LogP contribution in [0, 0.1) is 0 Å². The molecule has 2 aromatic carbocycles. The third kappa shape index (κ3) is 5.53. The Morgan fingerprint density at radius 1 is 1.00 bits per heavy atom. The molecule has 8 nitrogen and oxygen atoms in total. The summed E-state index contributed by atoms with van der Waals surface area (Å²) in [5, 5.41) is 3.91. The zero-order valence-electron chi connectivity index (χ0n) is 21.9. The summed E-state index contributed by atoms with van der Waals surface area (Å²) < 4.78 is 47.8. The number of halogens is 3. The predicted octanol–water partition coefficient (Wildman–Crippen LogP) is 4.45. The van der Waals surface area contributed by atoms with Gasteiger partial charge in [0.05, 0.1) is 19.0 Å². The number of nitrogens with zero attached hydrogens (tertiary/aromatic N) is 6. The predicted molar refractivity (Wildman–Crippen MR) is 142 cm³/mol. The van der Waals surface area contributed by atoms with E-state index in [0.717, 1.165) is 18.3 Å². The molecular weight excluding hydrogens is 509 g/mol. The van der Waals surface area contributed by atoms with Crippen molar-refractivity contribution in [3.05, 3.63) is 77.6 Å². The second-order valence-corrected chi connectivity index (χ2v) is 9.68. The molecule has 0 spiro atoms. The van der Waals surface area contributed by atoms with E-state index in [1.165, 1.54) is 18.9 Å². The van der Waals surface area contributed by atoms with Gasteiger partial charge in [-0.25, -0.2) is 9.50 Å². The molecule has 0 bridgehead atoms. The standard InChI is InChI=1S/C28H29F3N6O2/c1-34(2)21-8-4-19(5-9-21)18-35-12-14-36(15-13-35)27(38)23-17-32-37-25(28(29,30)31)16-24(33-26(23)37)20-6-10-22(39-3)11-7-20/h4-11,16-17H,12-15,18H2,1-3H3. The van der Waals surface area contributed by atoms with E-state index in [4.69, 9.17) is 4.74 Å². The summed E-state index contributed by atoms with van der Waals surface area (Å²) >= 11 is 0. The van der Waals surface area contributed by atoms with Crippen molar-refractivity contribution in [3.63, 3.8) is 0 Å². The number of rotatable bonds is 6.